The highest BCUT2D eigenvalue weighted by Crippen LogP contribution is 2.53. The third kappa shape index (κ3) is 2.29. The van der Waals surface area contributed by atoms with E-state index in [4.69, 9.17) is 9.47 Å². The van der Waals surface area contributed by atoms with Crippen LogP contribution in [-0.2, 0) is 14.3 Å². The van der Waals surface area contributed by atoms with Gasteiger partial charge in [-0.3, -0.25) is 14.4 Å². The highest BCUT2D eigenvalue weighted by Gasteiger charge is 2.52. The van der Waals surface area contributed by atoms with Gasteiger partial charge in [-0.15, -0.1) is 0 Å². The number of esters is 2. The molecule has 2 aliphatic heterocycles. The van der Waals surface area contributed by atoms with Gasteiger partial charge in [0.15, 0.2) is 0 Å². The van der Waals surface area contributed by atoms with Crippen LogP contribution in [-0.4, -0.2) is 28.8 Å². The lowest BCUT2D eigenvalue weighted by Crippen LogP contribution is -2.44. The van der Waals surface area contributed by atoms with E-state index in [1.165, 1.54) is 11.8 Å². The fourth-order valence-corrected chi connectivity index (χ4v) is 5.64. The fourth-order valence-electron chi connectivity index (χ4n) is 3.18. The second kappa shape index (κ2) is 5.78. The third-order valence-corrected chi connectivity index (χ3v) is 6.50. The first kappa shape index (κ1) is 15.5. The molecule has 3 heterocycles. The Hall–Kier alpha value is -2.06. The number of thioether (sulfide) groups is 1. The van der Waals surface area contributed by atoms with E-state index in [0.717, 1.165) is 21.8 Å². The number of para-hydroxylation sites is 1. The van der Waals surface area contributed by atoms with E-state index in [0.29, 0.717) is 10.8 Å². The Labute approximate surface area is 145 Å². The molecule has 0 spiro atoms. The van der Waals surface area contributed by atoms with Crippen molar-refractivity contribution < 1.29 is 19.1 Å². The van der Waals surface area contributed by atoms with Crippen LogP contribution in [0.4, 0.5) is 0 Å². The smallest absolute Gasteiger partial charge is 0.320 e. The van der Waals surface area contributed by atoms with Crippen LogP contribution < -0.4 is 9.61 Å². The Morgan fingerprint density at radius 2 is 2.12 bits per heavy atom. The lowest BCUT2D eigenvalue weighted by molar-refractivity contribution is -0.150. The molecule has 24 heavy (non-hydrogen) atoms. The van der Waals surface area contributed by atoms with Crippen LogP contribution in [0.15, 0.2) is 34.1 Å². The maximum absolute atomic E-state index is 12.6. The van der Waals surface area contributed by atoms with E-state index >= 15 is 0 Å². The Kier molecular flexibility index (Phi) is 3.73. The quantitative estimate of drug-likeness (QED) is 0.650. The van der Waals surface area contributed by atoms with Crippen LogP contribution in [0.25, 0.3) is 0 Å². The minimum Gasteiger partial charge on any atom is -0.465 e. The van der Waals surface area contributed by atoms with Crippen molar-refractivity contribution in [1.29, 1.82) is 0 Å². The SMILES string of the molecule is CCOC(=O)C1Sc2[nH]c(=O)sc2C2c3ccccc3OC(=O)C12. The van der Waals surface area contributed by atoms with Crippen molar-refractivity contribution in [2.45, 2.75) is 23.1 Å². The fraction of sp³-hybridized carbons (Fsp3) is 0.312. The molecule has 1 aromatic carbocycles. The Morgan fingerprint density at radius 1 is 1.33 bits per heavy atom. The van der Waals surface area contributed by atoms with Crippen molar-refractivity contribution in [2.75, 3.05) is 6.61 Å². The molecule has 4 rings (SSSR count). The molecule has 3 atom stereocenters. The van der Waals surface area contributed by atoms with Gasteiger partial charge in [-0.1, -0.05) is 41.3 Å². The zero-order valence-corrected chi connectivity index (χ0v) is 14.2. The highest BCUT2D eigenvalue weighted by molar-refractivity contribution is 8.00. The topological polar surface area (TPSA) is 85.5 Å². The molecule has 0 fully saturated rings. The summed E-state index contributed by atoms with van der Waals surface area (Å²) in [5.41, 5.74) is 0.813. The summed E-state index contributed by atoms with van der Waals surface area (Å²) in [6, 6.07) is 7.23. The van der Waals surface area contributed by atoms with E-state index in [1.807, 2.05) is 12.1 Å². The predicted molar refractivity (Wildman–Crippen MR) is 88.6 cm³/mol. The van der Waals surface area contributed by atoms with Gasteiger partial charge in [0.05, 0.1) is 17.6 Å². The van der Waals surface area contributed by atoms with E-state index in [1.54, 1.807) is 19.1 Å². The summed E-state index contributed by atoms with van der Waals surface area (Å²) in [7, 11) is 0. The van der Waals surface area contributed by atoms with Crippen molar-refractivity contribution in [3.05, 3.63) is 44.4 Å². The molecule has 0 radical (unpaired) electrons. The van der Waals surface area contributed by atoms with Gasteiger partial charge in [-0.05, 0) is 13.0 Å². The summed E-state index contributed by atoms with van der Waals surface area (Å²) in [5.74, 6) is -1.53. The largest absolute Gasteiger partial charge is 0.465 e. The van der Waals surface area contributed by atoms with Gasteiger partial charge in [0.2, 0.25) is 0 Å². The number of aromatic nitrogens is 1. The number of H-pyrrole nitrogens is 1. The number of aromatic amines is 1. The standard InChI is InChI=1S/C16H13NO5S2/c1-2-21-15(19)12-10-9(11-13(23-12)17-16(20)24-11)7-5-3-4-6-8(7)22-14(10)18/h3-6,9-10,12H,2H2,1H3,(H,17,20). The second-order valence-corrected chi connectivity index (χ2v) is 7.63. The molecule has 0 saturated heterocycles. The Balaban J connectivity index is 1.90. The maximum Gasteiger partial charge on any atom is 0.320 e. The van der Waals surface area contributed by atoms with Gasteiger partial charge in [-0.2, -0.15) is 0 Å². The Bertz CT molecular complexity index is 887. The molecule has 2 aliphatic rings. The van der Waals surface area contributed by atoms with Crippen LogP contribution in [0.3, 0.4) is 0 Å². The van der Waals surface area contributed by atoms with Crippen LogP contribution in [0.5, 0.6) is 5.75 Å². The van der Waals surface area contributed by atoms with Gasteiger partial charge in [-0.25, -0.2) is 0 Å². The second-order valence-electron chi connectivity index (χ2n) is 5.46. The zero-order chi connectivity index (χ0) is 16.8. The number of fused-ring (bicyclic) bond motifs is 5. The van der Waals surface area contributed by atoms with Crippen molar-refractivity contribution in [2.24, 2.45) is 5.92 Å². The summed E-state index contributed by atoms with van der Waals surface area (Å²) in [4.78, 5) is 40.2. The normalized spacial score (nSPS) is 24.4. The number of rotatable bonds is 2. The van der Waals surface area contributed by atoms with E-state index in [-0.39, 0.29) is 17.4 Å². The number of hydrogen-bond acceptors (Lipinski definition) is 7. The zero-order valence-electron chi connectivity index (χ0n) is 12.6. The minimum absolute atomic E-state index is 0.202. The molecule has 0 aliphatic carbocycles. The molecule has 1 N–H and O–H groups in total. The van der Waals surface area contributed by atoms with Gasteiger partial charge in [0.25, 0.3) is 0 Å². The van der Waals surface area contributed by atoms with E-state index < -0.39 is 23.1 Å². The molecule has 0 amide bonds. The number of hydrogen-bond donors (Lipinski definition) is 1. The first-order valence-electron chi connectivity index (χ1n) is 7.47. The number of carbonyl (C=O) groups excluding carboxylic acids is 2. The van der Waals surface area contributed by atoms with Crippen LogP contribution in [0.1, 0.15) is 23.3 Å². The summed E-state index contributed by atoms with van der Waals surface area (Å²) in [5, 5.41) is -0.109. The molecular weight excluding hydrogens is 350 g/mol. The molecule has 1 aromatic heterocycles. The maximum atomic E-state index is 12.6. The number of carbonyl (C=O) groups is 2. The predicted octanol–water partition coefficient (Wildman–Crippen LogP) is 2.14. The summed E-state index contributed by atoms with van der Waals surface area (Å²) in [6.45, 7) is 1.95. The van der Waals surface area contributed by atoms with E-state index in [9.17, 15) is 14.4 Å². The molecule has 6 nitrogen and oxygen atoms in total. The summed E-state index contributed by atoms with van der Waals surface area (Å²) >= 11 is 2.25. The van der Waals surface area contributed by atoms with Gasteiger partial charge >= 0.3 is 16.8 Å². The number of nitrogens with one attached hydrogen (secondary N) is 1. The monoisotopic (exact) mass is 363 g/mol. The highest BCUT2D eigenvalue weighted by atomic mass is 32.2. The van der Waals surface area contributed by atoms with Crippen molar-refractivity contribution in [3.63, 3.8) is 0 Å². The summed E-state index contributed by atoms with van der Waals surface area (Å²) < 4.78 is 10.6. The van der Waals surface area contributed by atoms with Gasteiger partial charge < -0.3 is 14.5 Å². The van der Waals surface area contributed by atoms with Crippen LogP contribution in [0, 0.1) is 5.92 Å². The van der Waals surface area contributed by atoms with Gasteiger partial charge in [0, 0.05) is 16.4 Å². The number of benzene rings is 1. The van der Waals surface area contributed by atoms with Crippen LogP contribution in [0.2, 0.25) is 0 Å². The molecule has 0 saturated carbocycles. The van der Waals surface area contributed by atoms with Crippen molar-refractivity contribution >= 4 is 35.0 Å². The molecule has 0 bridgehead atoms. The Morgan fingerprint density at radius 3 is 2.92 bits per heavy atom. The number of thiazole rings is 1. The molecule has 8 heteroatoms. The average molecular weight is 363 g/mol. The third-order valence-electron chi connectivity index (χ3n) is 4.11. The van der Waals surface area contributed by atoms with Crippen molar-refractivity contribution in [3.8, 4) is 5.75 Å². The molecule has 2 aromatic rings. The first-order chi connectivity index (χ1) is 11.6. The van der Waals surface area contributed by atoms with Crippen molar-refractivity contribution in [1.82, 2.24) is 4.98 Å². The lowest BCUT2D eigenvalue weighted by atomic mass is 9.80. The van der Waals surface area contributed by atoms with Crippen LogP contribution >= 0.6 is 23.1 Å². The lowest BCUT2D eigenvalue weighted by Gasteiger charge is -2.37. The molecule has 3 unspecified atom stereocenters. The van der Waals surface area contributed by atoms with Gasteiger partial charge in [0.1, 0.15) is 11.0 Å². The molecule has 124 valence electrons. The average Bonchev–Trinajstić information content (AvgIpc) is 2.94. The number of ether oxygens (including phenoxy) is 2. The van der Waals surface area contributed by atoms with E-state index in [2.05, 4.69) is 4.98 Å². The summed E-state index contributed by atoms with van der Waals surface area (Å²) in [6.07, 6.45) is 0. The minimum atomic E-state index is -0.742. The molecular formula is C16H13NO5S2. The first-order valence-corrected chi connectivity index (χ1v) is 9.16.